The van der Waals surface area contributed by atoms with Crippen LogP contribution in [0.15, 0.2) is 12.2 Å². The zero-order valence-electron chi connectivity index (χ0n) is 13.9. The van der Waals surface area contributed by atoms with Crippen LogP contribution in [-0.4, -0.2) is 34.5 Å². The molecule has 1 aliphatic rings. The lowest BCUT2D eigenvalue weighted by Crippen LogP contribution is -2.16. The molecule has 4 heteroatoms. The molecule has 0 saturated carbocycles. The van der Waals surface area contributed by atoms with Crippen molar-refractivity contribution in [2.45, 2.75) is 95.9 Å². The summed E-state index contributed by atoms with van der Waals surface area (Å²) in [5, 5.41) is 18.5. The predicted octanol–water partition coefficient (Wildman–Crippen LogP) is 4.07. The van der Waals surface area contributed by atoms with Crippen molar-refractivity contribution in [2.24, 2.45) is 0 Å². The maximum Gasteiger partial charge on any atom is 0.327 e. The Bertz CT molecular complexity index is 327. The van der Waals surface area contributed by atoms with Gasteiger partial charge in [-0.05, 0) is 25.7 Å². The van der Waals surface area contributed by atoms with Gasteiger partial charge >= 0.3 is 5.97 Å². The van der Waals surface area contributed by atoms with Crippen LogP contribution in [0.2, 0.25) is 0 Å². The summed E-state index contributed by atoms with van der Waals surface area (Å²) < 4.78 is 5.56. The Labute approximate surface area is 134 Å². The van der Waals surface area contributed by atoms with Gasteiger partial charge < -0.3 is 14.9 Å². The Morgan fingerprint density at radius 1 is 1.14 bits per heavy atom. The molecular formula is C18H32O4. The molecule has 1 rings (SSSR count). The Balaban J connectivity index is 1.87. The minimum atomic E-state index is -0.871. The molecule has 22 heavy (non-hydrogen) atoms. The van der Waals surface area contributed by atoms with Crippen molar-refractivity contribution in [2.75, 3.05) is 0 Å². The number of ether oxygens (including phenoxy) is 1. The molecule has 4 nitrogen and oxygen atoms in total. The number of aliphatic carboxylic acids is 1. The van der Waals surface area contributed by atoms with Gasteiger partial charge in [-0.1, -0.05) is 57.9 Å². The molecule has 0 radical (unpaired) electrons. The second-order valence-electron chi connectivity index (χ2n) is 6.29. The third-order valence-electron chi connectivity index (χ3n) is 4.22. The van der Waals surface area contributed by atoms with Gasteiger partial charge in [-0.15, -0.1) is 0 Å². The maximum atomic E-state index is 10.3. The van der Waals surface area contributed by atoms with Gasteiger partial charge in [0.2, 0.25) is 0 Å². The zero-order chi connectivity index (χ0) is 16.2. The summed E-state index contributed by atoms with van der Waals surface area (Å²) in [5.74, 6) is -0.871. The maximum absolute atomic E-state index is 10.3. The lowest BCUT2D eigenvalue weighted by molar-refractivity contribution is -0.131. The van der Waals surface area contributed by atoms with E-state index in [1.807, 2.05) is 0 Å². The monoisotopic (exact) mass is 312 g/mol. The van der Waals surface area contributed by atoms with Gasteiger partial charge in [0.15, 0.2) is 0 Å². The van der Waals surface area contributed by atoms with Crippen LogP contribution in [-0.2, 0) is 9.53 Å². The van der Waals surface area contributed by atoms with Crippen LogP contribution in [0.5, 0.6) is 0 Å². The van der Waals surface area contributed by atoms with E-state index in [4.69, 9.17) is 9.84 Å². The summed E-state index contributed by atoms with van der Waals surface area (Å²) in [4.78, 5) is 10.3. The number of epoxide rings is 1. The van der Waals surface area contributed by atoms with Crippen LogP contribution < -0.4 is 0 Å². The fraction of sp³-hybridized carbons (Fsp3) is 0.833. The first kappa shape index (κ1) is 19.2. The van der Waals surface area contributed by atoms with Crippen LogP contribution >= 0.6 is 0 Å². The van der Waals surface area contributed by atoms with E-state index >= 15 is 0 Å². The number of aliphatic hydroxyl groups excluding tert-OH is 1. The summed E-state index contributed by atoms with van der Waals surface area (Å²) in [6, 6.07) is 0. The molecule has 3 unspecified atom stereocenters. The minimum Gasteiger partial charge on any atom is -0.478 e. The fourth-order valence-corrected chi connectivity index (χ4v) is 2.82. The van der Waals surface area contributed by atoms with Crippen molar-refractivity contribution in [1.82, 2.24) is 0 Å². The molecular weight excluding hydrogens is 280 g/mol. The molecule has 0 spiro atoms. The Morgan fingerprint density at radius 3 is 2.59 bits per heavy atom. The summed E-state index contributed by atoms with van der Waals surface area (Å²) in [5.41, 5.74) is 0. The number of aliphatic hydroxyl groups is 1. The van der Waals surface area contributed by atoms with E-state index in [2.05, 4.69) is 6.92 Å². The summed E-state index contributed by atoms with van der Waals surface area (Å²) >= 11 is 0. The molecule has 0 aromatic rings. The van der Waals surface area contributed by atoms with Crippen molar-refractivity contribution in [3.63, 3.8) is 0 Å². The summed E-state index contributed by atoms with van der Waals surface area (Å²) in [6.07, 6.45) is 15.0. The topological polar surface area (TPSA) is 70.1 Å². The second kappa shape index (κ2) is 11.7. The second-order valence-corrected chi connectivity index (χ2v) is 6.29. The van der Waals surface area contributed by atoms with Gasteiger partial charge in [0, 0.05) is 6.08 Å². The lowest BCUT2D eigenvalue weighted by atomic mass is 10.0. The number of carboxylic acids is 1. The molecule has 1 aliphatic heterocycles. The average Bonchev–Trinajstić information content (AvgIpc) is 3.25. The van der Waals surface area contributed by atoms with Crippen molar-refractivity contribution >= 4 is 5.97 Å². The van der Waals surface area contributed by atoms with Crippen LogP contribution in [0, 0.1) is 0 Å². The number of unbranched alkanes of at least 4 members (excludes halogenated alkanes) is 7. The van der Waals surface area contributed by atoms with Gasteiger partial charge in [-0.3, -0.25) is 0 Å². The molecule has 1 heterocycles. The highest BCUT2D eigenvalue weighted by molar-refractivity contribution is 5.79. The van der Waals surface area contributed by atoms with E-state index in [1.165, 1.54) is 25.3 Å². The van der Waals surface area contributed by atoms with E-state index in [0.29, 0.717) is 6.10 Å². The first-order valence-electron chi connectivity index (χ1n) is 8.88. The molecule has 0 amide bonds. The van der Waals surface area contributed by atoms with Gasteiger partial charge in [-0.25, -0.2) is 4.79 Å². The highest BCUT2D eigenvalue weighted by Gasteiger charge is 2.42. The van der Waals surface area contributed by atoms with Crippen molar-refractivity contribution in [1.29, 1.82) is 0 Å². The molecule has 0 aromatic carbocycles. The molecule has 2 N–H and O–H groups in total. The number of rotatable bonds is 14. The van der Waals surface area contributed by atoms with Gasteiger partial charge in [0.05, 0.1) is 12.2 Å². The fourth-order valence-electron chi connectivity index (χ4n) is 2.82. The first-order valence-corrected chi connectivity index (χ1v) is 8.88. The summed E-state index contributed by atoms with van der Waals surface area (Å²) in [6.45, 7) is 2.20. The van der Waals surface area contributed by atoms with Gasteiger partial charge in [0.1, 0.15) is 6.10 Å². The molecule has 0 bridgehead atoms. The van der Waals surface area contributed by atoms with E-state index < -0.39 is 5.97 Å². The largest absolute Gasteiger partial charge is 0.478 e. The quantitative estimate of drug-likeness (QED) is 0.288. The highest BCUT2D eigenvalue weighted by Crippen LogP contribution is 2.32. The average molecular weight is 312 g/mol. The molecule has 1 saturated heterocycles. The minimum absolute atomic E-state index is 0.0954. The van der Waals surface area contributed by atoms with Crippen molar-refractivity contribution < 1.29 is 19.7 Å². The SMILES string of the molecule is CCCCCC1OC1C(O)CCCCCCC/C=C/C(=O)O. The smallest absolute Gasteiger partial charge is 0.327 e. The Hall–Kier alpha value is -0.870. The van der Waals surface area contributed by atoms with E-state index in [9.17, 15) is 9.90 Å². The van der Waals surface area contributed by atoms with Gasteiger partial charge in [0.25, 0.3) is 0 Å². The summed E-state index contributed by atoms with van der Waals surface area (Å²) in [7, 11) is 0. The number of carboxylic acid groups (broad SMARTS) is 1. The highest BCUT2D eigenvalue weighted by atomic mass is 16.6. The van der Waals surface area contributed by atoms with Crippen LogP contribution in [0.25, 0.3) is 0 Å². The van der Waals surface area contributed by atoms with Crippen LogP contribution in [0.1, 0.15) is 77.6 Å². The first-order chi connectivity index (χ1) is 10.6. The van der Waals surface area contributed by atoms with Crippen molar-refractivity contribution in [3.8, 4) is 0 Å². The van der Waals surface area contributed by atoms with Crippen molar-refractivity contribution in [3.05, 3.63) is 12.2 Å². The van der Waals surface area contributed by atoms with E-state index in [-0.39, 0.29) is 12.2 Å². The van der Waals surface area contributed by atoms with Crippen LogP contribution in [0.4, 0.5) is 0 Å². The van der Waals surface area contributed by atoms with E-state index in [0.717, 1.165) is 51.4 Å². The molecule has 3 atom stereocenters. The Kier molecular flexibility index (Phi) is 10.2. The number of hydrogen-bond acceptors (Lipinski definition) is 3. The third-order valence-corrected chi connectivity index (χ3v) is 4.22. The predicted molar refractivity (Wildman–Crippen MR) is 87.9 cm³/mol. The van der Waals surface area contributed by atoms with Gasteiger partial charge in [-0.2, -0.15) is 0 Å². The normalized spacial score (nSPS) is 22.1. The molecule has 128 valence electrons. The zero-order valence-corrected chi connectivity index (χ0v) is 13.9. The standard InChI is InChI=1S/C18H32O4/c1-2-3-9-13-16-18(22-16)15(19)12-10-7-5-4-6-8-11-14-17(20)21/h11,14-16,18-19H,2-10,12-13H2,1H3,(H,20,21)/b14-11+. The van der Waals surface area contributed by atoms with E-state index in [1.54, 1.807) is 6.08 Å². The lowest BCUT2D eigenvalue weighted by Gasteiger charge is -2.07. The van der Waals surface area contributed by atoms with Crippen LogP contribution in [0.3, 0.4) is 0 Å². The molecule has 0 aromatic heterocycles. The molecule has 1 fully saturated rings. The number of carbonyl (C=O) groups is 1. The number of hydrogen-bond donors (Lipinski definition) is 2. The molecule has 0 aliphatic carbocycles. The third kappa shape index (κ3) is 9.21. The number of allylic oxidation sites excluding steroid dienone is 1. The Morgan fingerprint density at radius 2 is 1.86 bits per heavy atom.